The van der Waals surface area contributed by atoms with Gasteiger partial charge in [0.15, 0.2) is 6.73 Å². The largest absolute Gasteiger partial charge is 0.487 e. The predicted molar refractivity (Wildman–Crippen MR) is 143 cm³/mol. The average molecular weight is 623 g/mol. The first kappa shape index (κ1) is 27.6. The van der Waals surface area contributed by atoms with E-state index in [4.69, 9.17) is 19.3 Å². The third-order valence-corrected chi connectivity index (χ3v) is 7.89. The first-order valence-corrected chi connectivity index (χ1v) is 14.8. The van der Waals surface area contributed by atoms with Crippen LogP contribution in [-0.4, -0.2) is 61.8 Å². The van der Waals surface area contributed by atoms with E-state index in [0.29, 0.717) is 61.2 Å². The van der Waals surface area contributed by atoms with Gasteiger partial charge in [0, 0.05) is 54.0 Å². The Morgan fingerprint density at radius 2 is 2.03 bits per heavy atom. The molecule has 0 radical (unpaired) electrons. The van der Waals surface area contributed by atoms with E-state index < -0.39 is 20.2 Å². The van der Waals surface area contributed by atoms with Crippen LogP contribution >= 0.6 is 23.8 Å². The van der Waals surface area contributed by atoms with Gasteiger partial charge in [-0.15, -0.1) is 0 Å². The minimum Gasteiger partial charge on any atom is -0.487 e. The zero-order valence-electron chi connectivity index (χ0n) is 21.1. The SMILES string of the molecule is CCOC(=O)N1CCC2(CC1)CC(NC(=O)c1cccc3cn(COP(=O)(O)O)nc13)c1cc(Br)ccc1O2. The number of hydrogen-bond donors (Lipinski definition) is 3. The molecule has 0 bridgehead atoms. The van der Waals surface area contributed by atoms with E-state index in [2.05, 4.69) is 30.9 Å². The van der Waals surface area contributed by atoms with Gasteiger partial charge in [-0.25, -0.2) is 14.0 Å². The molecule has 14 heteroatoms. The summed E-state index contributed by atoms with van der Waals surface area (Å²) in [6.07, 6.45) is 2.91. The molecule has 1 spiro atoms. The zero-order valence-corrected chi connectivity index (χ0v) is 23.6. The van der Waals surface area contributed by atoms with E-state index in [1.54, 1.807) is 36.2 Å². The summed E-state index contributed by atoms with van der Waals surface area (Å²) in [5.41, 5.74) is 0.971. The van der Waals surface area contributed by atoms with E-state index in [9.17, 15) is 14.2 Å². The highest BCUT2D eigenvalue weighted by Gasteiger charge is 2.45. The summed E-state index contributed by atoms with van der Waals surface area (Å²) in [7, 11) is -4.68. The maximum atomic E-state index is 13.6. The van der Waals surface area contributed by atoms with Crippen LogP contribution in [0.1, 0.15) is 48.1 Å². The van der Waals surface area contributed by atoms with Gasteiger partial charge in [-0.1, -0.05) is 28.1 Å². The van der Waals surface area contributed by atoms with Crippen LogP contribution < -0.4 is 10.1 Å². The Kier molecular flexibility index (Phi) is 7.71. The first-order chi connectivity index (χ1) is 18.6. The number of hydrogen-bond acceptors (Lipinski definition) is 7. The van der Waals surface area contributed by atoms with Crippen molar-refractivity contribution in [3.63, 3.8) is 0 Å². The average Bonchev–Trinajstić information content (AvgIpc) is 3.31. The lowest BCUT2D eigenvalue weighted by atomic mass is 9.80. The van der Waals surface area contributed by atoms with E-state index in [0.717, 1.165) is 10.0 Å². The molecular weight excluding hydrogens is 595 g/mol. The number of carbonyl (C=O) groups is 2. The number of benzene rings is 2. The number of halogens is 1. The number of phosphoric acid groups is 1. The lowest BCUT2D eigenvalue weighted by Gasteiger charge is -2.46. The van der Waals surface area contributed by atoms with E-state index in [1.807, 2.05) is 18.2 Å². The van der Waals surface area contributed by atoms with E-state index >= 15 is 0 Å². The molecule has 2 amide bonds. The second-order valence-corrected chi connectivity index (χ2v) is 11.7. The van der Waals surface area contributed by atoms with Crippen molar-refractivity contribution in [2.75, 3.05) is 19.7 Å². The maximum absolute atomic E-state index is 13.6. The van der Waals surface area contributed by atoms with Gasteiger partial charge in [-0.2, -0.15) is 5.10 Å². The Labute approximate surface area is 232 Å². The number of likely N-dealkylation sites (tertiary alicyclic amines) is 1. The molecule has 1 unspecified atom stereocenters. The van der Waals surface area contributed by atoms with Gasteiger partial charge in [0.2, 0.25) is 0 Å². The fourth-order valence-electron chi connectivity index (χ4n) is 5.10. The van der Waals surface area contributed by atoms with Gasteiger partial charge in [-0.3, -0.25) is 9.32 Å². The van der Waals surface area contributed by atoms with Gasteiger partial charge >= 0.3 is 13.9 Å². The Balaban J connectivity index is 1.38. The summed E-state index contributed by atoms with van der Waals surface area (Å²) in [6, 6.07) is 10.4. The van der Waals surface area contributed by atoms with Crippen molar-refractivity contribution >= 4 is 46.7 Å². The van der Waals surface area contributed by atoms with Crippen LogP contribution in [0.3, 0.4) is 0 Å². The van der Waals surface area contributed by atoms with Gasteiger partial charge in [-0.05, 0) is 31.2 Å². The monoisotopic (exact) mass is 622 g/mol. The van der Waals surface area contributed by atoms with Crippen molar-refractivity contribution in [1.29, 1.82) is 0 Å². The van der Waals surface area contributed by atoms with Crippen molar-refractivity contribution in [3.8, 4) is 5.75 Å². The number of aromatic nitrogens is 2. The number of nitrogens with one attached hydrogen (secondary N) is 1. The maximum Gasteiger partial charge on any atom is 0.471 e. The lowest BCUT2D eigenvalue weighted by Crippen LogP contribution is -2.53. The molecule has 1 saturated heterocycles. The van der Waals surface area contributed by atoms with Crippen LogP contribution in [0.25, 0.3) is 10.9 Å². The summed E-state index contributed by atoms with van der Waals surface area (Å²) in [4.78, 5) is 45.5. The van der Waals surface area contributed by atoms with Gasteiger partial charge in [0.05, 0.1) is 18.2 Å². The Hall–Kier alpha value is -2.96. The van der Waals surface area contributed by atoms with Gasteiger partial charge in [0.1, 0.15) is 16.9 Å². The molecular formula is C25H28BrN4O8P. The highest BCUT2D eigenvalue weighted by molar-refractivity contribution is 9.10. The highest BCUT2D eigenvalue weighted by Crippen LogP contribution is 2.45. The topological polar surface area (TPSA) is 152 Å². The van der Waals surface area contributed by atoms with Crippen molar-refractivity contribution in [1.82, 2.24) is 20.0 Å². The van der Waals surface area contributed by atoms with Crippen LogP contribution in [0.2, 0.25) is 0 Å². The first-order valence-electron chi connectivity index (χ1n) is 12.4. The molecule has 12 nitrogen and oxygen atoms in total. The van der Waals surface area contributed by atoms with E-state index in [1.165, 1.54) is 4.68 Å². The van der Waals surface area contributed by atoms with Crippen LogP contribution in [0.15, 0.2) is 47.1 Å². The number of carbonyl (C=O) groups excluding carboxylic acids is 2. The molecule has 208 valence electrons. The summed E-state index contributed by atoms with van der Waals surface area (Å²) in [5, 5.41) is 8.09. The Bertz CT molecular complexity index is 1450. The Morgan fingerprint density at radius 1 is 1.26 bits per heavy atom. The van der Waals surface area contributed by atoms with Crippen molar-refractivity contribution < 1.29 is 37.9 Å². The van der Waals surface area contributed by atoms with Crippen molar-refractivity contribution in [3.05, 3.63) is 58.2 Å². The summed E-state index contributed by atoms with van der Waals surface area (Å²) < 4.78 is 29.3. The second-order valence-electron chi connectivity index (χ2n) is 9.54. The normalized spacial score (nSPS) is 18.5. The summed E-state index contributed by atoms with van der Waals surface area (Å²) in [5.74, 6) is 0.329. The number of phosphoric ester groups is 1. The zero-order chi connectivity index (χ0) is 27.8. The van der Waals surface area contributed by atoms with Gasteiger partial charge < -0.3 is 29.5 Å². The van der Waals surface area contributed by atoms with Gasteiger partial charge in [0.25, 0.3) is 5.91 Å². The number of rotatable bonds is 6. The van der Waals surface area contributed by atoms with Crippen molar-refractivity contribution in [2.45, 2.75) is 44.6 Å². The molecule has 3 aromatic rings. The smallest absolute Gasteiger partial charge is 0.471 e. The van der Waals surface area contributed by atoms with Crippen LogP contribution in [0.4, 0.5) is 4.79 Å². The van der Waals surface area contributed by atoms with E-state index in [-0.39, 0.29) is 18.0 Å². The molecule has 1 fully saturated rings. The third-order valence-electron chi connectivity index (χ3n) is 6.94. The number of nitrogens with zero attached hydrogens (tertiary/aromatic N) is 3. The molecule has 1 atom stereocenters. The molecule has 0 saturated carbocycles. The Morgan fingerprint density at radius 3 is 2.74 bits per heavy atom. The molecule has 1 aromatic heterocycles. The lowest BCUT2D eigenvalue weighted by molar-refractivity contribution is -0.0233. The fourth-order valence-corrected chi connectivity index (χ4v) is 5.75. The molecule has 3 N–H and O–H groups in total. The molecule has 2 aromatic carbocycles. The van der Waals surface area contributed by atoms with Crippen LogP contribution in [-0.2, 0) is 20.6 Å². The van der Waals surface area contributed by atoms with Crippen LogP contribution in [0.5, 0.6) is 5.75 Å². The molecule has 2 aliphatic heterocycles. The number of piperidine rings is 1. The predicted octanol–water partition coefficient (Wildman–Crippen LogP) is 4.11. The summed E-state index contributed by atoms with van der Waals surface area (Å²) >= 11 is 3.51. The van der Waals surface area contributed by atoms with Crippen molar-refractivity contribution in [2.24, 2.45) is 0 Å². The molecule has 2 aliphatic rings. The number of amides is 2. The molecule has 5 rings (SSSR count). The quantitative estimate of drug-likeness (QED) is 0.345. The molecule has 0 aliphatic carbocycles. The number of fused-ring (bicyclic) bond motifs is 2. The third kappa shape index (κ3) is 6.12. The minimum atomic E-state index is -4.68. The molecule has 39 heavy (non-hydrogen) atoms. The van der Waals surface area contributed by atoms with Crippen LogP contribution in [0, 0.1) is 0 Å². The second kappa shape index (κ2) is 10.9. The number of ether oxygens (including phenoxy) is 2. The summed E-state index contributed by atoms with van der Waals surface area (Å²) in [6.45, 7) is 2.59. The molecule has 3 heterocycles. The fraction of sp³-hybridized carbons (Fsp3) is 0.400. The minimum absolute atomic E-state index is 0.315. The highest BCUT2D eigenvalue weighted by atomic mass is 79.9. The standard InChI is InChI=1S/C25H28BrN4O8P/c1-2-36-24(32)29-10-8-25(9-11-29)13-20(19-12-17(26)6-7-21(19)38-25)27-23(31)18-5-3-4-16-14-30(28-22(16)18)15-37-39(33,34)35/h3-7,12,14,20H,2,8-11,13,15H2,1H3,(H,27,31)(H2,33,34,35).